The van der Waals surface area contributed by atoms with Gasteiger partial charge in [-0.05, 0) is 19.3 Å². The molecule has 0 unspecified atom stereocenters. The Bertz CT molecular complexity index is 633. The Morgan fingerprint density at radius 2 is 1.95 bits per heavy atom. The van der Waals surface area contributed by atoms with Crippen molar-refractivity contribution < 1.29 is 8.42 Å². The van der Waals surface area contributed by atoms with Crippen LogP contribution in [0.1, 0.15) is 31.0 Å². The van der Waals surface area contributed by atoms with Gasteiger partial charge in [0.1, 0.15) is 16.8 Å². The van der Waals surface area contributed by atoms with Gasteiger partial charge in [0, 0.05) is 38.2 Å². The van der Waals surface area contributed by atoms with E-state index in [0.29, 0.717) is 30.7 Å². The zero-order chi connectivity index (χ0) is 15.0. The summed E-state index contributed by atoms with van der Waals surface area (Å²) in [4.78, 5) is 11.0. The van der Waals surface area contributed by atoms with E-state index in [-0.39, 0.29) is 0 Å². The van der Waals surface area contributed by atoms with E-state index < -0.39 is 10.0 Å². The summed E-state index contributed by atoms with van der Waals surface area (Å²) in [6.45, 7) is 2.46. The second-order valence-corrected chi connectivity index (χ2v) is 8.05. The average Bonchev–Trinajstić information content (AvgIpc) is 3.23. The van der Waals surface area contributed by atoms with Gasteiger partial charge in [0.15, 0.2) is 0 Å². The summed E-state index contributed by atoms with van der Waals surface area (Å²) in [6, 6.07) is 1.77. The monoisotopic (exact) mass is 330 g/mol. The number of hydrogen-bond acceptors (Lipinski definition) is 5. The van der Waals surface area contributed by atoms with E-state index in [0.717, 1.165) is 37.4 Å². The van der Waals surface area contributed by atoms with E-state index in [9.17, 15) is 8.42 Å². The molecule has 2 fully saturated rings. The Labute approximate surface area is 130 Å². The number of halogens is 1. The second kappa shape index (κ2) is 5.70. The number of rotatable bonds is 3. The molecule has 1 aliphatic carbocycles. The summed E-state index contributed by atoms with van der Waals surface area (Å²) < 4.78 is 24.8. The van der Waals surface area contributed by atoms with E-state index in [1.54, 1.807) is 6.07 Å². The molecule has 0 bridgehead atoms. The molecule has 8 heteroatoms. The van der Waals surface area contributed by atoms with Gasteiger partial charge in [0.2, 0.25) is 10.0 Å². The van der Waals surface area contributed by atoms with Crippen LogP contribution in [-0.4, -0.2) is 55.1 Å². The van der Waals surface area contributed by atoms with E-state index in [2.05, 4.69) is 14.9 Å². The zero-order valence-electron chi connectivity index (χ0n) is 12.0. The van der Waals surface area contributed by atoms with Gasteiger partial charge in [0.25, 0.3) is 0 Å². The summed E-state index contributed by atoms with van der Waals surface area (Å²) in [5.74, 6) is 2.08. The molecule has 0 radical (unpaired) electrons. The maximum absolute atomic E-state index is 11.6. The lowest BCUT2D eigenvalue weighted by Crippen LogP contribution is -2.34. The van der Waals surface area contributed by atoms with E-state index in [4.69, 9.17) is 11.6 Å². The van der Waals surface area contributed by atoms with Crippen molar-refractivity contribution in [1.29, 1.82) is 0 Å². The van der Waals surface area contributed by atoms with Crippen molar-refractivity contribution in [3.8, 4) is 0 Å². The fourth-order valence-corrected chi connectivity index (χ4v) is 3.62. The van der Waals surface area contributed by atoms with Crippen molar-refractivity contribution in [1.82, 2.24) is 14.3 Å². The number of sulfonamides is 1. The number of hydrogen-bond donors (Lipinski definition) is 0. The zero-order valence-corrected chi connectivity index (χ0v) is 13.6. The molecule has 2 heterocycles. The summed E-state index contributed by atoms with van der Waals surface area (Å²) in [5, 5.41) is 0.464. The minimum absolute atomic E-state index is 0.446. The first-order chi connectivity index (χ1) is 9.93. The molecule has 21 heavy (non-hydrogen) atoms. The molecule has 0 atom stereocenters. The van der Waals surface area contributed by atoms with Crippen molar-refractivity contribution in [3.63, 3.8) is 0 Å². The maximum atomic E-state index is 11.6. The Hall–Kier alpha value is -0.920. The fourth-order valence-electron chi connectivity index (χ4n) is 2.56. The molecule has 0 aromatic carbocycles. The van der Waals surface area contributed by atoms with Gasteiger partial charge < -0.3 is 4.90 Å². The fraction of sp³-hybridized carbons (Fsp3) is 0.692. The van der Waals surface area contributed by atoms with Gasteiger partial charge in [-0.15, -0.1) is 0 Å². The van der Waals surface area contributed by atoms with Gasteiger partial charge in [-0.1, -0.05) is 11.6 Å². The lowest BCUT2D eigenvalue weighted by atomic mass is 10.3. The number of anilines is 1. The van der Waals surface area contributed by atoms with Gasteiger partial charge in [-0.3, -0.25) is 0 Å². The lowest BCUT2D eigenvalue weighted by Gasteiger charge is -2.22. The second-order valence-electron chi connectivity index (χ2n) is 5.68. The van der Waals surface area contributed by atoms with E-state index >= 15 is 0 Å². The Morgan fingerprint density at radius 1 is 1.19 bits per heavy atom. The van der Waals surface area contributed by atoms with Crippen LogP contribution >= 0.6 is 11.6 Å². The Kier molecular flexibility index (Phi) is 4.07. The highest BCUT2D eigenvalue weighted by Crippen LogP contribution is 2.39. The number of nitrogens with zero attached hydrogens (tertiary/aromatic N) is 4. The molecule has 1 aliphatic heterocycles. The summed E-state index contributed by atoms with van der Waals surface area (Å²) >= 11 is 6.10. The van der Waals surface area contributed by atoms with Crippen LogP contribution in [0.4, 0.5) is 5.82 Å². The first-order valence-electron chi connectivity index (χ1n) is 7.18. The molecular formula is C13H19ClN4O2S. The predicted molar refractivity (Wildman–Crippen MR) is 82.3 cm³/mol. The third-order valence-corrected chi connectivity index (χ3v) is 5.39. The molecule has 1 saturated heterocycles. The molecule has 2 aliphatic rings. The minimum atomic E-state index is -3.13. The molecule has 0 spiro atoms. The first kappa shape index (κ1) is 15.0. The first-order valence-corrected chi connectivity index (χ1v) is 9.40. The molecule has 1 saturated carbocycles. The van der Waals surface area contributed by atoms with Crippen molar-refractivity contribution in [3.05, 3.63) is 17.0 Å². The quantitative estimate of drug-likeness (QED) is 0.785. The normalized spacial score (nSPS) is 21.3. The smallest absolute Gasteiger partial charge is 0.211 e. The van der Waals surface area contributed by atoms with Crippen LogP contribution in [0.2, 0.25) is 5.15 Å². The largest absolute Gasteiger partial charge is 0.355 e. The van der Waals surface area contributed by atoms with E-state index in [1.807, 2.05) is 0 Å². The van der Waals surface area contributed by atoms with Crippen LogP contribution in [-0.2, 0) is 10.0 Å². The van der Waals surface area contributed by atoms with Crippen LogP contribution in [0.25, 0.3) is 0 Å². The van der Waals surface area contributed by atoms with Crippen molar-refractivity contribution in [2.45, 2.75) is 25.2 Å². The summed E-state index contributed by atoms with van der Waals surface area (Å²) in [6.07, 6.45) is 4.30. The highest BCUT2D eigenvalue weighted by molar-refractivity contribution is 7.88. The van der Waals surface area contributed by atoms with Crippen molar-refractivity contribution >= 4 is 27.4 Å². The third kappa shape index (κ3) is 3.64. The van der Waals surface area contributed by atoms with E-state index in [1.165, 1.54) is 10.6 Å². The molecule has 0 amide bonds. The molecule has 0 N–H and O–H groups in total. The van der Waals surface area contributed by atoms with Gasteiger partial charge >= 0.3 is 0 Å². The highest BCUT2D eigenvalue weighted by Gasteiger charge is 2.28. The molecule has 6 nitrogen and oxygen atoms in total. The maximum Gasteiger partial charge on any atom is 0.211 e. The summed E-state index contributed by atoms with van der Waals surface area (Å²) in [5.41, 5.74) is 0. The minimum Gasteiger partial charge on any atom is -0.355 e. The molecule has 1 aromatic rings. The highest BCUT2D eigenvalue weighted by atomic mass is 35.5. The lowest BCUT2D eigenvalue weighted by molar-refractivity contribution is 0.437. The third-order valence-electron chi connectivity index (χ3n) is 3.89. The Morgan fingerprint density at radius 3 is 2.62 bits per heavy atom. The van der Waals surface area contributed by atoms with Gasteiger partial charge in [-0.25, -0.2) is 22.7 Å². The van der Waals surface area contributed by atoms with Crippen LogP contribution in [0, 0.1) is 0 Å². The van der Waals surface area contributed by atoms with Crippen LogP contribution in [0.5, 0.6) is 0 Å². The SMILES string of the molecule is CS(=O)(=O)N1CCCN(c2cc(Cl)nc(C3CC3)n2)CC1. The predicted octanol–water partition coefficient (Wildman–Crippen LogP) is 1.48. The average molecular weight is 331 g/mol. The van der Waals surface area contributed by atoms with Gasteiger partial charge in [-0.2, -0.15) is 0 Å². The topological polar surface area (TPSA) is 66.4 Å². The van der Waals surface area contributed by atoms with Crippen LogP contribution in [0.15, 0.2) is 6.07 Å². The molecule has 3 rings (SSSR count). The van der Waals surface area contributed by atoms with Gasteiger partial charge in [0.05, 0.1) is 6.26 Å². The molecule has 116 valence electrons. The molecular weight excluding hydrogens is 312 g/mol. The van der Waals surface area contributed by atoms with Crippen molar-refractivity contribution in [2.75, 3.05) is 37.3 Å². The van der Waals surface area contributed by atoms with Crippen molar-refractivity contribution in [2.24, 2.45) is 0 Å². The summed E-state index contributed by atoms with van der Waals surface area (Å²) in [7, 11) is -3.13. The van der Waals surface area contributed by atoms with Crippen LogP contribution < -0.4 is 4.90 Å². The Balaban J connectivity index is 1.78. The standard InChI is InChI=1S/C13H19ClN4O2S/c1-21(19,20)18-6-2-5-17(7-8-18)12-9-11(14)15-13(16-12)10-3-4-10/h9-10H,2-8H2,1H3. The van der Waals surface area contributed by atoms with Crippen LogP contribution in [0.3, 0.4) is 0 Å². The molecule has 1 aromatic heterocycles. The number of aromatic nitrogens is 2.